The Hall–Kier alpha value is -0.0800. The van der Waals surface area contributed by atoms with Crippen LogP contribution in [-0.4, -0.2) is 36.6 Å². The van der Waals surface area contributed by atoms with Gasteiger partial charge in [-0.25, -0.2) is 0 Å². The van der Waals surface area contributed by atoms with Crippen molar-refractivity contribution in [1.82, 2.24) is 10.2 Å². The highest BCUT2D eigenvalue weighted by atomic mass is 15.1. The second kappa shape index (κ2) is 6.61. The highest BCUT2D eigenvalue weighted by molar-refractivity contribution is 4.81. The maximum Gasteiger partial charge on any atom is 0.00823 e. The van der Waals surface area contributed by atoms with Gasteiger partial charge >= 0.3 is 0 Å². The molecule has 2 heteroatoms. The monoisotopic (exact) mass is 224 g/mol. The molecule has 2 nitrogen and oxygen atoms in total. The van der Waals surface area contributed by atoms with Gasteiger partial charge in [-0.15, -0.1) is 0 Å². The molecule has 1 atom stereocenters. The van der Waals surface area contributed by atoms with Gasteiger partial charge in [0.15, 0.2) is 0 Å². The van der Waals surface area contributed by atoms with E-state index in [9.17, 15) is 0 Å². The summed E-state index contributed by atoms with van der Waals surface area (Å²) in [7, 11) is 0. The number of rotatable bonds is 4. The fourth-order valence-electron chi connectivity index (χ4n) is 3.29. The van der Waals surface area contributed by atoms with Crippen molar-refractivity contribution >= 4 is 0 Å². The Morgan fingerprint density at radius 3 is 2.38 bits per heavy atom. The Bertz CT molecular complexity index is 187. The molecule has 1 saturated carbocycles. The average Bonchev–Trinajstić information content (AvgIpc) is 2.68. The first kappa shape index (κ1) is 12.4. The zero-order valence-corrected chi connectivity index (χ0v) is 10.9. The van der Waals surface area contributed by atoms with Crippen LogP contribution in [-0.2, 0) is 0 Å². The molecule has 0 aromatic rings. The zero-order chi connectivity index (χ0) is 11.2. The molecule has 0 bridgehead atoms. The molecule has 0 aromatic heterocycles. The number of likely N-dealkylation sites (tertiary alicyclic amines) is 1. The molecule has 1 heterocycles. The Kier molecular flexibility index (Phi) is 5.11. The third-order valence-corrected chi connectivity index (χ3v) is 4.19. The van der Waals surface area contributed by atoms with E-state index in [4.69, 9.17) is 0 Å². The smallest absolute Gasteiger partial charge is 0.00823 e. The molecule has 0 radical (unpaired) electrons. The van der Waals surface area contributed by atoms with Crippen molar-refractivity contribution < 1.29 is 0 Å². The lowest BCUT2D eigenvalue weighted by atomic mass is 10.1. The second-order valence-electron chi connectivity index (χ2n) is 5.62. The van der Waals surface area contributed by atoms with E-state index in [1.54, 1.807) is 0 Å². The molecule has 2 fully saturated rings. The van der Waals surface area contributed by atoms with Crippen molar-refractivity contribution in [2.75, 3.05) is 19.6 Å². The van der Waals surface area contributed by atoms with Gasteiger partial charge in [-0.3, -0.25) is 0 Å². The van der Waals surface area contributed by atoms with Gasteiger partial charge in [0, 0.05) is 12.1 Å². The van der Waals surface area contributed by atoms with Gasteiger partial charge in [0.25, 0.3) is 0 Å². The molecule has 2 rings (SSSR count). The summed E-state index contributed by atoms with van der Waals surface area (Å²) in [6, 6.07) is 1.66. The van der Waals surface area contributed by atoms with Crippen LogP contribution in [0.2, 0.25) is 0 Å². The Morgan fingerprint density at radius 2 is 1.62 bits per heavy atom. The molecular formula is C14H28N2. The quantitative estimate of drug-likeness (QED) is 0.790. The molecule has 1 unspecified atom stereocenters. The number of nitrogens with one attached hydrogen (secondary N) is 1. The van der Waals surface area contributed by atoms with Crippen LogP contribution in [0.5, 0.6) is 0 Å². The highest BCUT2D eigenvalue weighted by Gasteiger charge is 2.21. The van der Waals surface area contributed by atoms with Crippen LogP contribution in [0.3, 0.4) is 0 Å². The third kappa shape index (κ3) is 3.74. The van der Waals surface area contributed by atoms with Crippen molar-refractivity contribution in [3.05, 3.63) is 0 Å². The largest absolute Gasteiger partial charge is 0.311 e. The normalized spacial score (nSPS) is 29.4. The minimum absolute atomic E-state index is 0.810. The van der Waals surface area contributed by atoms with Crippen LogP contribution >= 0.6 is 0 Å². The zero-order valence-electron chi connectivity index (χ0n) is 10.9. The maximum absolute atomic E-state index is 3.89. The van der Waals surface area contributed by atoms with Crippen LogP contribution < -0.4 is 5.32 Å². The van der Waals surface area contributed by atoms with E-state index in [0.717, 1.165) is 12.1 Å². The summed E-state index contributed by atoms with van der Waals surface area (Å²) in [6.07, 6.45) is 11.2. The predicted octanol–water partition coefficient (Wildman–Crippen LogP) is 2.78. The maximum atomic E-state index is 3.89. The standard InChI is InChI=1S/C14H28N2/c1-2-10-16-11-5-8-14(9-12-16)15-13-6-3-4-7-13/h13-15H,2-12H2,1H3. The van der Waals surface area contributed by atoms with Crippen molar-refractivity contribution in [2.45, 2.75) is 70.4 Å². The Labute approximate surface area is 101 Å². The van der Waals surface area contributed by atoms with E-state index in [0.29, 0.717) is 0 Å². The molecule has 2 aliphatic rings. The van der Waals surface area contributed by atoms with Crippen molar-refractivity contribution in [3.63, 3.8) is 0 Å². The molecular weight excluding hydrogens is 196 g/mol. The Balaban J connectivity index is 1.70. The number of hydrogen-bond acceptors (Lipinski definition) is 2. The van der Waals surface area contributed by atoms with E-state index in [-0.39, 0.29) is 0 Å². The lowest BCUT2D eigenvalue weighted by molar-refractivity contribution is 0.281. The summed E-state index contributed by atoms with van der Waals surface area (Å²) < 4.78 is 0. The first-order valence-corrected chi connectivity index (χ1v) is 7.37. The minimum atomic E-state index is 0.810. The van der Waals surface area contributed by atoms with Crippen LogP contribution in [0.4, 0.5) is 0 Å². The van der Waals surface area contributed by atoms with Gasteiger partial charge < -0.3 is 10.2 Å². The molecule has 0 amide bonds. The summed E-state index contributed by atoms with van der Waals surface area (Å²) in [5.41, 5.74) is 0. The van der Waals surface area contributed by atoms with E-state index in [1.807, 2.05) is 0 Å². The first-order valence-electron chi connectivity index (χ1n) is 7.37. The van der Waals surface area contributed by atoms with Crippen LogP contribution in [0.1, 0.15) is 58.3 Å². The summed E-state index contributed by atoms with van der Waals surface area (Å²) in [5, 5.41) is 3.89. The molecule has 16 heavy (non-hydrogen) atoms. The molecule has 1 aliphatic carbocycles. The SMILES string of the molecule is CCCN1CCCC(NC2CCCC2)CC1. The van der Waals surface area contributed by atoms with Crippen LogP contribution in [0.15, 0.2) is 0 Å². The fraction of sp³-hybridized carbons (Fsp3) is 1.00. The summed E-state index contributed by atoms with van der Waals surface area (Å²) >= 11 is 0. The summed E-state index contributed by atoms with van der Waals surface area (Å²) in [5.74, 6) is 0. The van der Waals surface area contributed by atoms with E-state index >= 15 is 0 Å². The van der Waals surface area contributed by atoms with Crippen LogP contribution in [0, 0.1) is 0 Å². The van der Waals surface area contributed by atoms with E-state index < -0.39 is 0 Å². The fourth-order valence-corrected chi connectivity index (χ4v) is 3.29. The minimum Gasteiger partial charge on any atom is -0.311 e. The molecule has 1 N–H and O–H groups in total. The van der Waals surface area contributed by atoms with Gasteiger partial charge in [0.05, 0.1) is 0 Å². The molecule has 0 spiro atoms. The van der Waals surface area contributed by atoms with Gasteiger partial charge in [0.2, 0.25) is 0 Å². The van der Waals surface area contributed by atoms with Gasteiger partial charge in [-0.1, -0.05) is 19.8 Å². The molecule has 1 aliphatic heterocycles. The molecule has 0 aromatic carbocycles. The van der Waals surface area contributed by atoms with Crippen LogP contribution in [0.25, 0.3) is 0 Å². The Morgan fingerprint density at radius 1 is 0.938 bits per heavy atom. The average molecular weight is 224 g/mol. The molecule has 1 saturated heterocycles. The van der Waals surface area contributed by atoms with Gasteiger partial charge in [-0.05, 0) is 58.2 Å². The van der Waals surface area contributed by atoms with Gasteiger partial charge in [0.1, 0.15) is 0 Å². The van der Waals surface area contributed by atoms with Gasteiger partial charge in [-0.2, -0.15) is 0 Å². The predicted molar refractivity (Wildman–Crippen MR) is 69.8 cm³/mol. The topological polar surface area (TPSA) is 15.3 Å². The highest BCUT2D eigenvalue weighted by Crippen LogP contribution is 2.20. The molecule has 94 valence electrons. The number of hydrogen-bond donors (Lipinski definition) is 1. The van der Waals surface area contributed by atoms with Crippen molar-refractivity contribution in [2.24, 2.45) is 0 Å². The summed E-state index contributed by atoms with van der Waals surface area (Å²) in [6.45, 7) is 6.24. The van der Waals surface area contributed by atoms with E-state index in [1.165, 1.54) is 71.0 Å². The first-order chi connectivity index (χ1) is 7.88. The van der Waals surface area contributed by atoms with Crippen molar-refractivity contribution in [3.8, 4) is 0 Å². The third-order valence-electron chi connectivity index (χ3n) is 4.19. The number of nitrogens with zero attached hydrogens (tertiary/aromatic N) is 1. The lowest BCUT2D eigenvalue weighted by Crippen LogP contribution is -2.37. The lowest BCUT2D eigenvalue weighted by Gasteiger charge is -2.22. The second-order valence-corrected chi connectivity index (χ2v) is 5.62. The summed E-state index contributed by atoms with van der Waals surface area (Å²) in [4.78, 5) is 2.65. The van der Waals surface area contributed by atoms with E-state index in [2.05, 4.69) is 17.1 Å². The van der Waals surface area contributed by atoms with Crippen molar-refractivity contribution in [1.29, 1.82) is 0 Å².